The molecule has 1 aliphatic rings. The Hall–Kier alpha value is -1.76. The number of nitrogens with one attached hydrogen (secondary N) is 2. The van der Waals surface area contributed by atoms with Gasteiger partial charge in [-0.25, -0.2) is 4.79 Å². The number of esters is 1. The smallest absolute Gasteiger partial charge is 0.328 e. The van der Waals surface area contributed by atoms with Crippen LogP contribution in [0.15, 0.2) is 0 Å². The van der Waals surface area contributed by atoms with Crippen molar-refractivity contribution in [3.8, 4) is 0 Å². The fourth-order valence-electron chi connectivity index (χ4n) is 2.86. The number of ketones is 1. The number of Topliss-reactive ketones (excluding diaryl/α,β-unsaturated/α-hetero) is 1. The maximum atomic E-state index is 12.1. The van der Waals surface area contributed by atoms with Crippen LogP contribution < -0.4 is 5.32 Å². The second-order valence-electron chi connectivity index (χ2n) is 6.60. The third kappa shape index (κ3) is 7.21. The lowest BCUT2D eigenvalue weighted by molar-refractivity contribution is -0.152. The number of carbonyl (C=O) groups excluding carboxylic acids is 3. The molecule has 1 amide bonds. The molecule has 7 nitrogen and oxygen atoms in total. The van der Waals surface area contributed by atoms with Crippen LogP contribution >= 0.6 is 0 Å². The lowest BCUT2D eigenvalue weighted by atomic mass is 9.99. The maximum Gasteiger partial charge on any atom is 0.328 e. The Morgan fingerprint density at radius 2 is 1.92 bits per heavy atom. The van der Waals surface area contributed by atoms with Crippen molar-refractivity contribution < 1.29 is 24.2 Å². The van der Waals surface area contributed by atoms with Crippen LogP contribution in [0.25, 0.3) is 0 Å². The van der Waals surface area contributed by atoms with Gasteiger partial charge >= 0.3 is 5.97 Å². The van der Waals surface area contributed by atoms with Gasteiger partial charge in [-0.3, -0.25) is 9.59 Å². The minimum Gasteiger partial charge on any atom is -0.461 e. The minimum absolute atomic E-state index is 0.0413. The van der Waals surface area contributed by atoms with Crippen molar-refractivity contribution in [2.45, 2.75) is 77.0 Å². The summed E-state index contributed by atoms with van der Waals surface area (Å²) < 4.78 is 5.09. The van der Waals surface area contributed by atoms with Gasteiger partial charge in [0, 0.05) is 6.42 Å². The molecule has 1 aliphatic carbocycles. The van der Waals surface area contributed by atoms with Crippen LogP contribution in [-0.4, -0.2) is 47.2 Å². The molecule has 24 heavy (non-hydrogen) atoms. The highest BCUT2D eigenvalue weighted by Gasteiger charge is 2.28. The van der Waals surface area contributed by atoms with Crippen LogP contribution in [-0.2, 0) is 19.1 Å². The van der Waals surface area contributed by atoms with Gasteiger partial charge < -0.3 is 20.6 Å². The summed E-state index contributed by atoms with van der Waals surface area (Å²) >= 11 is 0. The third-order valence-electron chi connectivity index (χ3n) is 4.13. The van der Waals surface area contributed by atoms with E-state index in [2.05, 4.69) is 5.32 Å². The molecule has 0 bridgehead atoms. The van der Waals surface area contributed by atoms with Crippen molar-refractivity contribution in [2.24, 2.45) is 5.92 Å². The summed E-state index contributed by atoms with van der Waals surface area (Å²) in [6.45, 7) is 3.38. The van der Waals surface area contributed by atoms with E-state index in [-0.39, 0.29) is 18.9 Å². The van der Waals surface area contributed by atoms with E-state index in [1.54, 1.807) is 13.8 Å². The summed E-state index contributed by atoms with van der Waals surface area (Å²) in [5, 5.41) is 19.4. The molecule has 0 radical (unpaired) electrons. The Morgan fingerprint density at radius 1 is 1.29 bits per heavy atom. The number of aliphatic hydroxyl groups excluding tert-OH is 1. The maximum absolute atomic E-state index is 12.1. The molecule has 0 aromatic rings. The fourth-order valence-corrected chi connectivity index (χ4v) is 2.86. The van der Waals surface area contributed by atoms with E-state index in [1.165, 1.54) is 0 Å². The van der Waals surface area contributed by atoms with Crippen molar-refractivity contribution in [1.29, 1.82) is 5.41 Å². The predicted octanol–water partition coefficient (Wildman–Crippen LogP) is 1.36. The molecule has 7 heteroatoms. The van der Waals surface area contributed by atoms with Gasteiger partial charge in [0.25, 0.3) is 0 Å². The zero-order valence-electron chi connectivity index (χ0n) is 14.4. The summed E-state index contributed by atoms with van der Waals surface area (Å²) in [5.74, 6) is -1.34. The first kappa shape index (κ1) is 20.3. The minimum atomic E-state index is -1.17. The Morgan fingerprint density at radius 3 is 2.46 bits per heavy atom. The zero-order valence-corrected chi connectivity index (χ0v) is 14.4. The largest absolute Gasteiger partial charge is 0.461 e. The molecule has 0 aromatic heterocycles. The van der Waals surface area contributed by atoms with Crippen LogP contribution in [0.3, 0.4) is 0 Å². The molecule has 1 fully saturated rings. The van der Waals surface area contributed by atoms with E-state index in [4.69, 9.17) is 10.1 Å². The SMILES string of the molecule is CC(C)OC(=O)[C@H](CCC(=O)C=N)NC(=O)[C@@H](O)CC1CCCC1. The molecule has 0 heterocycles. The van der Waals surface area contributed by atoms with Crippen molar-refractivity contribution in [2.75, 3.05) is 0 Å². The lowest BCUT2D eigenvalue weighted by Gasteiger charge is -2.21. The molecule has 0 aliphatic heterocycles. The monoisotopic (exact) mass is 340 g/mol. The quantitative estimate of drug-likeness (QED) is 0.410. The van der Waals surface area contributed by atoms with Gasteiger partial charge in [0.1, 0.15) is 12.1 Å². The first-order valence-electron chi connectivity index (χ1n) is 8.55. The van der Waals surface area contributed by atoms with E-state index in [0.717, 1.165) is 25.7 Å². The third-order valence-corrected chi connectivity index (χ3v) is 4.13. The number of hydrogen-bond donors (Lipinski definition) is 3. The Labute approximate surface area is 142 Å². The summed E-state index contributed by atoms with van der Waals surface area (Å²) in [6, 6.07) is -0.998. The van der Waals surface area contributed by atoms with Crippen LogP contribution in [0.5, 0.6) is 0 Å². The highest BCUT2D eigenvalue weighted by atomic mass is 16.5. The standard InChI is InChI=1S/C17H28N2O5/c1-11(2)24-17(23)14(8-7-13(20)10-18)19-16(22)15(21)9-12-5-3-4-6-12/h10-12,14-15,18,21H,3-9H2,1-2H3,(H,19,22)/t14-,15-/m0/s1. The van der Waals surface area contributed by atoms with Gasteiger partial charge in [-0.15, -0.1) is 0 Å². The first-order valence-corrected chi connectivity index (χ1v) is 8.55. The molecule has 0 spiro atoms. The van der Waals surface area contributed by atoms with Crippen LogP contribution in [0.1, 0.15) is 58.8 Å². The van der Waals surface area contributed by atoms with E-state index in [1.807, 2.05) is 0 Å². The van der Waals surface area contributed by atoms with Crippen molar-refractivity contribution >= 4 is 23.9 Å². The molecule has 136 valence electrons. The average Bonchev–Trinajstić information content (AvgIpc) is 3.02. The van der Waals surface area contributed by atoms with Gasteiger partial charge in [0.15, 0.2) is 5.78 Å². The number of aliphatic hydroxyl groups is 1. The van der Waals surface area contributed by atoms with E-state index >= 15 is 0 Å². The fraction of sp³-hybridized carbons (Fsp3) is 0.765. The Kier molecular flexibility index (Phi) is 8.60. The zero-order chi connectivity index (χ0) is 18.1. The van der Waals surface area contributed by atoms with Gasteiger partial charge in [-0.2, -0.15) is 0 Å². The molecule has 0 saturated heterocycles. The molecule has 1 saturated carbocycles. The summed E-state index contributed by atoms with van der Waals surface area (Å²) in [7, 11) is 0. The summed E-state index contributed by atoms with van der Waals surface area (Å²) in [4.78, 5) is 35.5. The molecule has 0 unspecified atom stereocenters. The van der Waals surface area contributed by atoms with Gasteiger partial charge in [0.2, 0.25) is 5.91 Å². The van der Waals surface area contributed by atoms with Crippen LogP contribution in [0.4, 0.5) is 0 Å². The molecule has 2 atom stereocenters. The molecule has 3 N–H and O–H groups in total. The number of rotatable bonds is 10. The molecule has 1 rings (SSSR count). The summed E-state index contributed by atoms with van der Waals surface area (Å²) in [6.07, 6.45) is 3.82. The van der Waals surface area contributed by atoms with Gasteiger partial charge in [0.05, 0.1) is 12.3 Å². The number of amides is 1. The second-order valence-corrected chi connectivity index (χ2v) is 6.60. The van der Waals surface area contributed by atoms with Crippen molar-refractivity contribution in [3.05, 3.63) is 0 Å². The van der Waals surface area contributed by atoms with Crippen LogP contribution in [0.2, 0.25) is 0 Å². The van der Waals surface area contributed by atoms with Gasteiger partial charge in [-0.1, -0.05) is 25.7 Å². The first-order chi connectivity index (χ1) is 11.3. The van der Waals surface area contributed by atoms with E-state index < -0.39 is 29.8 Å². The summed E-state index contributed by atoms with van der Waals surface area (Å²) in [5.41, 5.74) is 0. The normalized spacial score (nSPS) is 17.3. The van der Waals surface area contributed by atoms with Crippen molar-refractivity contribution in [1.82, 2.24) is 5.32 Å². The molecular weight excluding hydrogens is 312 g/mol. The Balaban J connectivity index is 2.59. The second kappa shape index (κ2) is 10.2. The highest BCUT2D eigenvalue weighted by Crippen LogP contribution is 2.28. The number of hydrogen-bond acceptors (Lipinski definition) is 6. The van der Waals surface area contributed by atoms with E-state index in [9.17, 15) is 19.5 Å². The lowest BCUT2D eigenvalue weighted by Crippen LogP contribution is -2.47. The Bertz CT molecular complexity index is 458. The predicted molar refractivity (Wildman–Crippen MR) is 88.8 cm³/mol. The topological polar surface area (TPSA) is 117 Å². The molecule has 0 aromatic carbocycles. The van der Waals surface area contributed by atoms with Crippen molar-refractivity contribution in [3.63, 3.8) is 0 Å². The highest BCUT2D eigenvalue weighted by molar-refractivity contribution is 6.26. The van der Waals surface area contributed by atoms with E-state index in [0.29, 0.717) is 18.6 Å². The number of carbonyl (C=O) groups is 3. The average molecular weight is 340 g/mol. The van der Waals surface area contributed by atoms with Gasteiger partial charge in [-0.05, 0) is 32.6 Å². The molecular formula is C17H28N2O5. The van der Waals surface area contributed by atoms with Crippen LogP contribution in [0, 0.1) is 11.3 Å². The number of ether oxygens (including phenoxy) is 1.